The minimum atomic E-state index is -3.45. The third-order valence-electron chi connectivity index (χ3n) is 5.45. The Morgan fingerprint density at radius 2 is 1.64 bits per heavy atom. The lowest BCUT2D eigenvalue weighted by Gasteiger charge is -2.38. The molecule has 2 aliphatic heterocycles. The summed E-state index contributed by atoms with van der Waals surface area (Å²) in [5.41, 5.74) is 0.601. The number of amides is 1. The number of morpholine rings is 1. The van der Waals surface area contributed by atoms with Crippen molar-refractivity contribution in [1.82, 2.24) is 9.21 Å². The minimum Gasteiger partial charge on any atom is -0.373 e. The fourth-order valence-electron chi connectivity index (χ4n) is 3.91. The third-order valence-corrected chi connectivity index (χ3v) is 7.36. The molecule has 0 radical (unpaired) electrons. The van der Waals surface area contributed by atoms with Gasteiger partial charge in [-0.2, -0.15) is 4.31 Å². The number of hydrogen-bond donors (Lipinski definition) is 1. The van der Waals surface area contributed by atoms with Crippen LogP contribution in [0.25, 0.3) is 0 Å². The van der Waals surface area contributed by atoms with Crippen molar-refractivity contribution in [3.8, 4) is 0 Å². The van der Waals surface area contributed by atoms with Crippen LogP contribution in [0.1, 0.15) is 40.0 Å². The van der Waals surface area contributed by atoms with E-state index in [0.717, 1.165) is 19.3 Å². The van der Waals surface area contributed by atoms with E-state index in [9.17, 15) is 13.2 Å². The molecule has 2 heterocycles. The number of rotatable bonds is 5. The van der Waals surface area contributed by atoms with Crippen molar-refractivity contribution < 1.29 is 17.9 Å². The summed E-state index contributed by atoms with van der Waals surface area (Å²) in [5, 5.41) is 2.90. The molecule has 1 N–H and O–H groups in total. The number of nitrogens with one attached hydrogen (secondary N) is 1. The summed E-state index contributed by atoms with van der Waals surface area (Å²) in [6, 6.07) is 6.18. The number of ether oxygens (including phenoxy) is 1. The van der Waals surface area contributed by atoms with E-state index in [1.54, 1.807) is 28.6 Å². The van der Waals surface area contributed by atoms with Gasteiger partial charge in [0, 0.05) is 31.9 Å². The van der Waals surface area contributed by atoms with E-state index in [-0.39, 0.29) is 29.1 Å². The zero-order valence-corrected chi connectivity index (χ0v) is 17.7. The van der Waals surface area contributed by atoms with Crippen LogP contribution in [-0.4, -0.2) is 68.0 Å². The molecule has 1 aromatic carbocycles. The predicted octanol–water partition coefficient (Wildman–Crippen LogP) is 2.30. The van der Waals surface area contributed by atoms with Gasteiger partial charge in [-0.3, -0.25) is 9.69 Å². The number of anilines is 1. The number of benzene rings is 1. The maximum Gasteiger partial charge on any atom is 0.243 e. The van der Waals surface area contributed by atoms with Gasteiger partial charge in [-0.25, -0.2) is 8.42 Å². The average Bonchev–Trinajstić information content (AvgIpc) is 2.67. The molecule has 2 saturated heterocycles. The molecule has 0 unspecified atom stereocenters. The molecule has 0 aromatic heterocycles. The maximum absolute atomic E-state index is 12.7. The highest BCUT2D eigenvalue weighted by molar-refractivity contribution is 7.89. The Labute approximate surface area is 168 Å². The second-order valence-corrected chi connectivity index (χ2v) is 9.80. The van der Waals surface area contributed by atoms with E-state index < -0.39 is 10.0 Å². The van der Waals surface area contributed by atoms with Gasteiger partial charge >= 0.3 is 0 Å². The first-order valence-corrected chi connectivity index (χ1v) is 11.5. The highest BCUT2D eigenvalue weighted by atomic mass is 32.2. The van der Waals surface area contributed by atoms with Gasteiger partial charge in [-0.05, 0) is 57.9 Å². The van der Waals surface area contributed by atoms with Crippen LogP contribution in [0.4, 0.5) is 5.69 Å². The molecular formula is C20H31N3O4S. The average molecular weight is 410 g/mol. The summed E-state index contributed by atoms with van der Waals surface area (Å²) in [5.74, 6) is -0.104. The minimum absolute atomic E-state index is 0.0956. The molecule has 28 heavy (non-hydrogen) atoms. The van der Waals surface area contributed by atoms with Gasteiger partial charge in [0.25, 0.3) is 0 Å². The zero-order valence-electron chi connectivity index (χ0n) is 16.9. The summed E-state index contributed by atoms with van der Waals surface area (Å²) < 4.78 is 32.7. The van der Waals surface area contributed by atoms with Crippen LogP contribution in [0.5, 0.6) is 0 Å². The Hall–Kier alpha value is -1.48. The van der Waals surface area contributed by atoms with Gasteiger partial charge in [0.1, 0.15) is 0 Å². The second kappa shape index (κ2) is 8.90. The molecule has 8 heteroatoms. The maximum atomic E-state index is 12.7. The van der Waals surface area contributed by atoms with Crippen molar-refractivity contribution in [1.29, 1.82) is 0 Å². The quantitative estimate of drug-likeness (QED) is 0.807. The van der Waals surface area contributed by atoms with Crippen molar-refractivity contribution in [2.24, 2.45) is 0 Å². The van der Waals surface area contributed by atoms with Crippen molar-refractivity contribution in [2.45, 2.75) is 63.2 Å². The highest BCUT2D eigenvalue weighted by Crippen LogP contribution is 2.22. The topological polar surface area (TPSA) is 79.0 Å². The van der Waals surface area contributed by atoms with E-state index in [1.807, 2.05) is 20.8 Å². The predicted molar refractivity (Wildman–Crippen MR) is 109 cm³/mol. The van der Waals surface area contributed by atoms with Crippen LogP contribution in [0.3, 0.4) is 0 Å². The first kappa shape index (κ1) is 21.2. The van der Waals surface area contributed by atoms with Crippen LogP contribution in [0.15, 0.2) is 29.2 Å². The lowest BCUT2D eigenvalue weighted by atomic mass is 10.1. The Kier molecular flexibility index (Phi) is 6.75. The molecule has 0 aliphatic carbocycles. The van der Waals surface area contributed by atoms with Gasteiger partial charge in [0.15, 0.2) is 0 Å². The fourth-order valence-corrected chi connectivity index (χ4v) is 5.43. The van der Waals surface area contributed by atoms with E-state index in [2.05, 4.69) is 10.2 Å². The van der Waals surface area contributed by atoms with Gasteiger partial charge in [0.2, 0.25) is 15.9 Å². The van der Waals surface area contributed by atoms with Crippen molar-refractivity contribution in [3.05, 3.63) is 24.3 Å². The highest BCUT2D eigenvalue weighted by Gasteiger charge is 2.29. The Balaban J connectivity index is 1.62. The van der Waals surface area contributed by atoms with Gasteiger partial charge < -0.3 is 10.1 Å². The molecule has 3 rings (SSSR count). The molecule has 1 amide bonds. The number of piperidine rings is 1. The summed E-state index contributed by atoms with van der Waals surface area (Å²) in [7, 11) is -3.45. The van der Waals surface area contributed by atoms with Crippen LogP contribution in [0, 0.1) is 0 Å². The van der Waals surface area contributed by atoms with Crippen molar-refractivity contribution >= 4 is 21.6 Å². The Morgan fingerprint density at radius 3 is 2.21 bits per heavy atom. The molecule has 2 fully saturated rings. The summed E-state index contributed by atoms with van der Waals surface area (Å²) in [4.78, 5) is 15.0. The molecule has 3 atom stereocenters. The molecule has 1 aromatic rings. The van der Waals surface area contributed by atoms with Crippen LogP contribution in [-0.2, 0) is 19.6 Å². The smallest absolute Gasteiger partial charge is 0.243 e. The molecule has 0 spiro atoms. The van der Waals surface area contributed by atoms with E-state index in [1.165, 1.54) is 0 Å². The fraction of sp³-hybridized carbons (Fsp3) is 0.650. The molecule has 0 bridgehead atoms. The normalized spacial score (nSPS) is 26.0. The van der Waals surface area contributed by atoms with Crippen LogP contribution in [0.2, 0.25) is 0 Å². The zero-order chi connectivity index (χ0) is 20.3. The van der Waals surface area contributed by atoms with Crippen LogP contribution >= 0.6 is 0 Å². The summed E-state index contributed by atoms with van der Waals surface area (Å²) in [6.45, 7) is 8.49. The van der Waals surface area contributed by atoms with Crippen molar-refractivity contribution in [2.75, 3.05) is 31.5 Å². The number of carbonyl (C=O) groups excluding carboxylic acids is 1. The summed E-state index contributed by atoms with van der Waals surface area (Å²) >= 11 is 0. The monoisotopic (exact) mass is 409 g/mol. The third kappa shape index (κ3) is 4.92. The molecular weight excluding hydrogens is 378 g/mol. The van der Waals surface area contributed by atoms with Gasteiger partial charge in [0.05, 0.1) is 23.1 Å². The van der Waals surface area contributed by atoms with E-state index in [4.69, 9.17) is 4.74 Å². The number of carbonyl (C=O) groups is 1. The summed E-state index contributed by atoms with van der Waals surface area (Å²) in [6.07, 6.45) is 3.08. The lowest BCUT2D eigenvalue weighted by molar-refractivity contribution is -0.126. The van der Waals surface area contributed by atoms with Gasteiger partial charge in [-0.1, -0.05) is 6.42 Å². The number of nitrogens with zero attached hydrogens (tertiary/aromatic N) is 2. The van der Waals surface area contributed by atoms with Crippen molar-refractivity contribution in [3.63, 3.8) is 0 Å². The first-order valence-electron chi connectivity index (χ1n) is 10.1. The Morgan fingerprint density at radius 1 is 1.07 bits per heavy atom. The second-order valence-electron chi connectivity index (χ2n) is 7.87. The largest absolute Gasteiger partial charge is 0.373 e. The number of hydrogen-bond acceptors (Lipinski definition) is 5. The number of sulfonamides is 1. The van der Waals surface area contributed by atoms with E-state index in [0.29, 0.717) is 31.9 Å². The molecule has 2 aliphatic rings. The molecule has 7 nitrogen and oxygen atoms in total. The van der Waals surface area contributed by atoms with Crippen LogP contribution < -0.4 is 5.32 Å². The Bertz CT molecular complexity index is 765. The lowest BCUT2D eigenvalue weighted by Crippen LogP contribution is -2.52. The first-order chi connectivity index (χ1) is 13.3. The standard InChI is InChI=1S/C20H31N3O4S/c1-15-13-22(14-16(2)27-15)17(3)20(24)21-18-7-9-19(10-8-18)28(25,26)23-11-5-4-6-12-23/h7-10,15-17H,4-6,11-14H2,1-3H3,(H,21,24)/t15-,16+,17-/m0/s1. The SMILES string of the molecule is C[C@@H]1CN([C@@H](C)C(=O)Nc2ccc(S(=O)(=O)N3CCCCC3)cc2)C[C@H](C)O1. The molecule has 156 valence electrons. The molecule has 0 saturated carbocycles. The van der Waals surface area contributed by atoms with E-state index >= 15 is 0 Å². The van der Waals surface area contributed by atoms with Gasteiger partial charge in [-0.15, -0.1) is 0 Å².